The molecule has 1 aliphatic heterocycles. The molecule has 2 amide bonds. The summed E-state index contributed by atoms with van der Waals surface area (Å²) in [5.41, 5.74) is 2.51. The van der Waals surface area contributed by atoms with Crippen molar-refractivity contribution < 1.29 is 9.59 Å². The number of carbonyl (C=O) groups excluding carboxylic acids is 2. The SMILES string of the molecule is Cc1nc2ccccc2c2c1C(=O)N(c1cccc(Cl)c1)C2=O. The van der Waals surface area contributed by atoms with Gasteiger partial charge in [-0.1, -0.05) is 35.9 Å². The van der Waals surface area contributed by atoms with Crippen LogP contribution in [0.25, 0.3) is 10.9 Å². The summed E-state index contributed by atoms with van der Waals surface area (Å²) in [4.78, 5) is 31.3. The molecule has 0 saturated carbocycles. The monoisotopic (exact) mass is 322 g/mol. The summed E-state index contributed by atoms with van der Waals surface area (Å²) in [7, 11) is 0. The van der Waals surface area contributed by atoms with Crippen LogP contribution in [0.4, 0.5) is 5.69 Å². The van der Waals surface area contributed by atoms with Crippen LogP contribution in [-0.2, 0) is 0 Å². The maximum Gasteiger partial charge on any atom is 0.268 e. The average molecular weight is 323 g/mol. The number of imide groups is 1. The van der Waals surface area contributed by atoms with Crippen molar-refractivity contribution in [3.8, 4) is 0 Å². The first-order chi connectivity index (χ1) is 11.1. The number of rotatable bonds is 1. The maximum atomic E-state index is 12.9. The van der Waals surface area contributed by atoms with Crippen molar-refractivity contribution in [1.29, 1.82) is 0 Å². The van der Waals surface area contributed by atoms with E-state index in [-0.39, 0.29) is 11.8 Å². The van der Waals surface area contributed by atoms with Gasteiger partial charge < -0.3 is 0 Å². The third-order valence-electron chi connectivity index (χ3n) is 3.97. The summed E-state index contributed by atoms with van der Waals surface area (Å²) in [5, 5.41) is 1.16. The molecule has 2 aromatic carbocycles. The molecule has 112 valence electrons. The summed E-state index contributed by atoms with van der Waals surface area (Å²) in [6, 6.07) is 14.1. The topological polar surface area (TPSA) is 50.3 Å². The molecule has 0 bridgehead atoms. The number of pyridine rings is 1. The molecule has 4 nitrogen and oxygen atoms in total. The summed E-state index contributed by atoms with van der Waals surface area (Å²) in [6.45, 7) is 1.75. The summed E-state index contributed by atoms with van der Waals surface area (Å²) < 4.78 is 0. The van der Waals surface area contributed by atoms with E-state index in [9.17, 15) is 9.59 Å². The summed E-state index contributed by atoms with van der Waals surface area (Å²) in [6.07, 6.45) is 0. The van der Waals surface area contributed by atoms with Gasteiger partial charge in [0.05, 0.1) is 28.0 Å². The van der Waals surface area contributed by atoms with Crippen LogP contribution in [0.3, 0.4) is 0 Å². The largest absolute Gasteiger partial charge is 0.268 e. The van der Waals surface area contributed by atoms with Crippen LogP contribution < -0.4 is 4.90 Å². The van der Waals surface area contributed by atoms with Crippen molar-refractivity contribution in [3.05, 3.63) is 70.4 Å². The second-order valence-electron chi connectivity index (χ2n) is 5.39. The van der Waals surface area contributed by atoms with Crippen molar-refractivity contribution in [2.24, 2.45) is 0 Å². The van der Waals surface area contributed by atoms with Gasteiger partial charge in [0.15, 0.2) is 0 Å². The Hall–Kier alpha value is -2.72. The molecule has 1 aromatic heterocycles. The van der Waals surface area contributed by atoms with E-state index in [4.69, 9.17) is 11.6 Å². The number of aryl methyl sites for hydroxylation is 1. The number of hydrogen-bond acceptors (Lipinski definition) is 3. The highest BCUT2D eigenvalue weighted by atomic mass is 35.5. The Labute approximate surface area is 137 Å². The lowest BCUT2D eigenvalue weighted by molar-refractivity contribution is 0.0926. The number of anilines is 1. The number of para-hydroxylation sites is 1. The van der Waals surface area contributed by atoms with Crippen LogP contribution in [0, 0.1) is 6.92 Å². The fraction of sp³-hybridized carbons (Fsp3) is 0.0556. The van der Waals surface area contributed by atoms with Gasteiger partial charge in [-0.25, -0.2) is 4.90 Å². The van der Waals surface area contributed by atoms with Gasteiger partial charge in [0, 0.05) is 10.4 Å². The standard InChI is InChI=1S/C18H11ClN2O2/c1-10-15-16(13-7-2-3-8-14(13)20-10)18(23)21(17(15)22)12-6-4-5-11(19)9-12/h2-9H,1H3. The second kappa shape index (κ2) is 4.89. The number of amides is 2. The first-order valence-corrected chi connectivity index (χ1v) is 7.49. The first kappa shape index (κ1) is 13.9. The number of hydrogen-bond donors (Lipinski definition) is 0. The molecule has 0 unspecified atom stereocenters. The van der Waals surface area contributed by atoms with E-state index >= 15 is 0 Å². The Balaban J connectivity index is 1.99. The van der Waals surface area contributed by atoms with Crippen molar-refractivity contribution in [3.63, 3.8) is 0 Å². The second-order valence-corrected chi connectivity index (χ2v) is 5.83. The zero-order valence-corrected chi connectivity index (χ0v) is 13.0. The lowest BCUT2D eigenvalue weighted by atomic mass is 10.0. The molecule has 1 aliphatic rings. The quantitative estimate of drug-likeness (QED) is 0.636. The van der Waals surface area contributed by atoms with E-state index in [1.165, 1.54) is 0 Å². The Kier molecular flexibility index (Phi) is 2.96. The Morgan fingerprint density at radius 3 is 2.48 bits per heavy atom. The molecular weight excluding hydrogens is 312 g/mol. The molecule has 3 aromatic rings. The van der Waals surface area contributed by atoms with E-state index < -0.39 is 0 Å². The van der Waals surface area contributed by atoms with Crippen LogP contribution in [-0.4, -0.2) is 16.8 Å². The van der Waals surface area contributed by atoms with Gasteiger partial charge in [-0.05, 0) is 31.2 Å². The summed E-state index contributed by atoms with van der Waals surface area (Å²) >= 11 is 5.99. The van der Waals surface area contributed by atoms with Crippen molar-refractivity contribution in [2.45, 2.75) is 6.92 Å². The van der Waals surface area contributed by atoms with E-state index in [1.54, 1.807) is 31.2 Å². The van der Waals surface area contributed by atoms with Crippen LogP contribution >= 0.6 is 11.6 Å². The molecule has 0 atom stereocenters. The van der Waals surface area contributed by atoms with Crippen LogP contribution in [0.2, 0.25) is 5.02 Å². The van der Waals surface area contributed by atoms with Gasteiger partial charge in [0.1, 0.15) is 0 Å². The van der Waals surface area contributed by atoms with E-state index in [0.717, 1.165) is 4.90 Å². The lowest BCUT2D eigenvalue weighted by Crippen LogP contribution is -2.29. The average Bonchev–Trinajstić information content (AvgIpc) is 2.80. The molecule has 0 spiro atoms. The maximum absolute atomic E-state index is 12.9. The minimum absolute atomic E-state index is 0.339. The number of fused-ring (bicyclic) bond motifs is 3. The van der Waals surface area contributed by atoms with Gasteiger partial charge in [0.25, 0.3) is 11.8 Å². The molecule has 4 rings (SSSR count). The number of nitrogens with zero attached hydrogens (tertiary/aromatic N) is 2. The van der Waals surface area contributed by atoms with Gasteiger partial charge in [0.2, 0.25) is 0 Å². The van der Waals surface area contributed by atoms with Gasteiger partial charge in [-0.2, -0.15) is 0 Å². The Morgan fingerprint density at radius 2 is 1.70 bits per heavy atom. The minimum Gasteiger partial charge on any atom is -0.268 e. The minimum atomic E-state index is -0.358. The molecular formula is C18H11ClN2O2. The fourth-order valence-electron chi connectivity index (χ4n) is 2.98. The van der Waals surface area contributed by atoms with Gasteiger partial charge in [-0.15, -0.1) is 0 Å². The molecule has 23 heavy (non-hydrogen) atoms. The highest BCUT2D eigenvalue weighted by Gasteiger charge is 2.40. The van der Waals surface area contributed by atoms with Gasteiger partial charge >= 0.3 is 0 Å². The van der Waals surface area contributed by atoms with E-state index in [2.05, 4.69) is 4.98 Å². The van der Waals surface area contributed by atoms with Crippen molar-refractivity contribution in [1.82, 2.24) is 4.98 Å². The first-order valence-electron chi connectivity index (χ1n) is 7.11. The van der Waals surface area contributed by atoms with Gasteiger partial charge in [-0.3, -0.25) is 14.6 Å². The summed E-state index contributed by atoms with van der Waals surface area (Å²) in [5.74, 6) is -0.697. The third-order valence-corrected chi connectivity index (χ3v) is 4.21. The van der Waals surface area contributed by atoms with Crippen LogP contribution in [0.1, 0.15) is 26.4 Å². The fourth-order valence-corrected chi connectivity index (χ4v) is 3.17. The molecule has 0 radical (unpaired) electrons. The smallest absolute Gasteiger partial charge is 0.268 e. The Morgan fingerprint density at radius 1 is 0.957 bits per heavy atom. The number of benzene rings is 2. The highest BCUT2D eigenvalue weighted by Crippen LogP contribution is 2.34. The zero-order chi connectivity index (χ0) is 16.1. The van der Waals surface area contributed by atoms with Crippen LogP contribution in [0.15, 0.2) is 48.5 Å². The molecule has 0 N–H and O–H groups in total. The molecule has 0 saturated heterocycles. The van der Waals surface area contributed by atoms with E-state index in [0.29, 0.717) is 38.4 Å². The molecule has 0 fully saturated rings. The molecule has 2 heterocycles. The zero-order valence-electron chi connectivity index (χ0n) is 12.2. The van der Waals surface area contributed by atoms with E-state index in [1.807, 2.05) is 24.3 Å². The van der Waals surface area contributed by atoms with Crippen molar-refractivity contribution in [2.75, 3.05) is 4.90 Å². The normalized spacial score (nSPS) is 13.7. The number of aromatic nitrogens is 1. The number of halogens is 1. The predicted molar refractivity (Wildman–Crippen MR) is 89.1 cm³/mol. The predicted octanol–water partition coefficient (Wildman–Crippen LogP) is 4.00. The Bertz CT molecular complexity index is 997. The molecule has 5 heteroatoms. The highest BCUT2D eigenvalue weighted by molar-refractivity contribution is 6.38. The third kappa shape index (κ3) is 1.95. The number of carbonyl (C=O) groups is 2. The van der Waals surface area contributed by atoms with Crippen molar-refractivity contribution >= 4 is 40.0 Å². The lowest BCUT2D eigenvalue weighted by Gasteiger charge is -2.13. The van der Waals surface area contributed by atoms with Crippen LogP contribution in [0.5, 0.6) is 0 Å². The molecule has 0 aliphatic carbocycles.